The van der Waals surface area contributed by atoms with Crippen molar-refractivity contribution in [2.24, 2.45) is 0 Å². The molecule has 1 saturated heterocycles. The molecule has 1 aromatic rings. The Labute approximate surface area is 123 Å². The summed E-state index contributed by atoms with van der Waals surface area (Å²) in [5.41, 5.74) is 6.64. The molecular formula is C15H21N3O3. The number of hydrogen-bond donors (Lipinski definition) is 3. The van der Waals surface area contributed by atoms with E-state index in [0.29, 0.717) is 18.7 Å². The predicted octanol–water partition coefficient (Wildman–Crippen LogP) is 1.78. The number of para-hydroxylation sites is 1. The van der Waals surface area contributed by atoms with Gasteiger partial charge in [0.15, 0.2) is 0 Å². The van der Waals surface area contributed by atoms with Crippen molar-refractivity contribution in [1.29, 1.82) is 0 Å². The lowest BCUT2D eigenvalue weighted by Gasteiger charge is -2.26. The zero-order valence-corrected chi connectivity index (χ0v) is 12.0. The van der Waals surface area contributed by atoms with Gasteiger partial charge >= 0.3 is 5.97 Å². The summed E-state index contributed by atoms with van der Waals surface area (Å²) in [5.74, 6) is -0.921. The summed E-state index contributed by atoms with van der Waals surface area (Å²) >= 11 is 0. The Kier molecular flexibility index (Phi) is 5.03. The molecule has 0 atom stereocenters. The molecule has 1 amide bonds. The summed E-state index contributed by atoms with van der Waals surface area (Å²) in [5, 5.41) is 12.0. The van der Waals surface area contributed by atoms with Gasteiger partial charge in [-0.1, -0.05) is 6.07 Å². The lowest BCUT2D eigenvalue weighted by atomic mass is 10.1. The summed E-state index contributed by atoms with van der Waals surface area (Å²) in [6.07, 6.45) is 3.73. The Morgan fingerprint density at radius 2 is 1.95 bits per heavy atom. The van der Waals surface area contributed by atoms with E-state index in [1.165, 1.54) is 12.5 Å². The molecular weight excluding hydrogens is 270 g/mol. The highest BCUT2D eigenvalue weighted by Crippen LogP contribution is 2.22. The number of piperidine rings is 1. The molecule has 1 heterocycles. The number of nitrogen functional groups attached to an aromatic ring is 1. The topological polar surface area (TPSA) is 95.7 Å². The van der Waals surface area contributed by atoms with E-state index in [2.05, 4.69) is 5.32 Å². The van der Waals surface area contributed by atoms with Crippen molar-refractivity contribution in [2.45, 2.75) is 25.7 Å². The van der Waals surface area contributed by atoms with Crippen LogP contribution < -0.4 is 11.1 Å². The summed E-state index contributed by atoms with van der Waals surface area (Å²) < 4.78 is 0. The van der Waals surface area contributed by atoms with Crippen molar-refractivity contribution in [3.05, 3.63) is 23.8 Å². The van der Waals surface area contributed by atoms with E-state index in [4.69, 9.17) is 10.8 Å². The van der Waals surface area contributed by atoms with Gasteiger partial charge < -0.3 is 21.1 Å². The highest BCUT2D eigenvalue weighted by atomic mass is 16.4. The third-order valence-corrected chi connectivity index (χ3v) is 3.70. The van der Waals surface area contributed by atoms with Crippen LogP contribution in [-0.2, 0) is 4.79 Å². The van der Waals surface area contributed by atoms with Crippen molar-refractivity contribution in [2.75, 3.05) is 30.7 Å². The van der Waals surface area contributed by atoms with Gasteiger partial charge in [0, 0.05) is 26.1 Å². The second kappa shape index (κ2) is 6.97. The summed E-state index contributed by atoms with van der Waals surface area (Å²) in [7, 11) is 0. The SMILES string of the molecule is Nc1c(NCCC(=O)N2CCCCC2)cccc1C(=O)O. The molecule has 21 heavy (non-hydrogen) atoms. The lowest BCUT2D eigenvalue weighted by molar-refractivity contribution is -0.131. The Morgan fingerprint density at radius 3 is 2.62 bits per heavy atom. The molecule has 0 saturated carbocycles. The van der Waals surface area contributed by atoms with Crippen molar-refractivity contribution in [3.63, 3.8) is 0 Å². The first kappa shape index (κ1) is 15.2. The number of likely N-dealkylation sites (tertiary alicyclic amines) is 1. The van der Waals surface area contributed by atoms with Crippen LogP contribution in [0.25, 0.3) is 0 Å². The van der Waals surface area contributed by atoms with E-state index in [1.807, 2.05) is 4.90 Å². The average Bonchev–Trinajstić information content (AvgIpc) is 2.49. The van der Waals surface area contributed by atoms with Gasteiger partial charge in [-0.05, 0) is 31.4 Å². The molecule has 0 spiro atoms. The van der Waals surface area contributed by atoms with Crippen LogP contribution in [0.4, 0.5) is 11.4 Å². The van der Waals surface area contributed by atoms with Crippen LogP contribution in [0.5, 0.6) is 0 Å². The molecule has 0 unspecified atom stereocenters. The minimum absolute atomic E-state index is 0.0716. The van der Waals surface area contributed by atoms with Crippen LogP contribution in [0, 0.1) is 0 Å². The molecule has 6 nitrogen and oxygen atoms in total. The fourth-order valence-corrected chi connectivity index (χ4v) is 2.51. The van der Waals surface area contributed by atoms with Gasteiger partial charge in [-0.25, -0.2) is 4.79 Å². The van der Waals surface area contributed by atoms with Crippen LogP contribution >= 0.6 is 0 Å². The predicted molar refractivity (Wildman–Crippen MR) is 81.4 cm³/mol. The van der Waals surface area contributed by atoms with E-state index < -0.39 is 5.97 Å². The van der Waals surface area contributed by atoms with Crippen molar-refractivity contribution >= 4 is 23.3 Å². The van der Waals surface area contributed by atoms with E-state index in [1.54, 1.807) is 12.1 Å². The first-order chi connectivity index (χ1) is 10.1. The quantitative estimate of drug-likeness (QED) is 0.719. The summed E-state index contributed by atoms with van der Waals surface area (Å²) in [4.78, 5) is 24.9. The number of carbonyl (C=O) groups is 2. The fraction of sp³-hybridized carbons (Fsp3) is 0.467. The number of carboxylic acids is 1. The van der Waals surface area contributed by atoms with E-state index in [-0.39, 0.29) is 17.2 Å². The maximum absolute atomic E-state index is 12.0. The Balaban J connectivity index is 1.87. The normalized spacial score (nSPS) is 14.8. The van der Waals surface area contributed by atoms with E-state index >= 15 is 0 Å². The first-order valence-electron chi connectivity index (χ1n) is 7.23. The van der Waals surface area contributed by atoms with Gasteiger partial charge in [0.25, 0.3) is 0 Å². The van der Waals surface area contributed by atoms with Gasteiger partial charge in [0.05, 0.1) is 16.9 Å². The lowest BCUT2D eigenvalue weighted by Crippen LogP contribution is -2.36. The van der Waals surface area contributed by atoms with Crippen molar-refractivity contribution in [3.8, 4) is 0 Å². The van der Waals surface area contributed by atoms with Gasteiger partial charge in [0.1, 0.15) is 0 Å². The number of carbonyl (C=O) groups excluding carboxylic acids is 1. The second-order valence-electron chi connectivity index (χ2n) is 5.19. The van der Waals surface area contributed by atoms with Crippen LogP contribution in [0.2, 0.25) is 0 Å². The second-order valence-corrected chi connectivity index (χ2v) is 5.19. The number of anilines is 2. The minimum atomic E-state index is -1.06. The third-order valence-electron chi connectivity index (χ3n) is 3.70. The number of amides is 1. The molecule has 2 rings (SSSR count). The number of benzene rings is 1. The molecule has 0 aromatic heterocycles. The molecule has 0 aliphatic carbocycles. The van der Waals surface area contributed by atoms with Gasteiger partial charge in [-0.2, -0.15) is 0 Å². The number of aromatic carboxylic acids is 1. The standard InChI is InChI=1S/C15H21N3O3/c16-14-11(15(20)21)5-4-6-12(14)17-8-7-13(19)18-9-2-1-3-10-18/h4-6,17H,1-3,7-10,16H2,(H,20,21). The maximum atomic E-state index is 12.0. The number of hydrogen-bond acceptors (Lipinski definition) is 4. The van der Waals surface area contributed by atoms with E-state index in [9.17, 15) is 9.59 Å². The zero-order chi connectivity index (χ0) is 15.2. The molecule has 4 N–H and O–H groups in total. The summed E-state index contributed by atoms with van der Waals surface area (Å²) in [6, 6.07) is 4.81. The van der Waals surface area contributed by atoms with Crippen LogP contribution in [-0.4, -0.2) is 41.5 Å². The molecule has 1 aliphatic heterocycles. The molecule has 1 fully saturated rings. The third kappa shape index (κ3) is 3.87. The Morgan fingerprint density at radius 1 is 1.24 bits per heavy atom. The number of nitrogens with two attached hydrogens (primary N) is 1. The number of carboxylic acid groups (broad SMARTS) is 1. The van der Waals surface area contributed by atoms with Crippen LogP contribution in [0.3, 0.4) is 0 Å². The van der Waals surface area contributed by atoms with Crippen molar-refractivity contribution in [1.82, 2.24) is 4.90 Å². The Hall–Kier alpha value is -2.24. The molecule has 0 radical (unpaired) electrons. The van der Waals surface area contributed by atoms with Crippen molar-refractivity contribution < 1.29 is 14.7 Å². The van der Waals surface area contributed by atoms with Gasteiger partial charge in [-0.15, -0.1) is 0 Å². The van der Waals surface area contributed by atoms with Crippen LogP contribution in [0.1, 0.15) is 36.0 Å². The average molecular weight is 291 g/mol. The Bertz CT molecular complexity index is 525. The number of rotatable bonds is 5. The monoisotopic (exact) mass is 291 g/mol. The highest BCUT2D eigenvalue weighted by Gasteiger charge is 2.16. The molecule has 114 valence electrons. The van der Waals surface area contributed by atoms with Gasteiger partial charge in [0.2, 0.25) is 5.91 Å². The van der Waals surface area contributed by atoms with Gasteiger partial charge in [-0.3, -0.25) is 4.79 Å². The highest BCUT2D eigenvalue weighted by molar-refractivity contribution is 5.97. The number of nitrogens with one attached hydrogen (secondary N) is 1. The summed E-state index contributed by atoms with van der Waals surface area (Å²) in [6.45, 7) is 2.13. The largest absolute Gasteiger partial charge is 0.478 e. The molecule has 0 bridgehead atoms. The number of nitrogens with zero attached hydrogens (tertiary/aromatic N) is 1. The smallest absolute Gasteiger partial charge is 0.337 e. The van der Waals surface area contributed by atoms with E-state index in [0.717, 1.165) is 25.9 Å². The molecule has 6 heteroatoms. The van der Waals surface area contributed by atoms with Crippen LogP contribution in [0.15, 0.2) is 18.2 Å². The molecule has 1 aromatic carbocycles. The first-order valence-corrected chi connectivity index (χ1v) is 7.23. The minimum Gasteiger partial charge on any atom is -0.478 e. The molecule has 1 aliphatic rings. The fourth-order valence-electron chi connectivity index (χ4n) is 2.51. The maximum Gasteiger partial charge on any atom is 0.337 e. The zero-order valence-electron chi connectivity index (χ0n) is 12.0.